The van der Waals surface area contributed by atoms with E-state index in [0.29, 0.717) is 49.9 Å². The number of primary amides is 1. The molecular formula is C55H93N9O14. The van der Waals surface area contributed by atoms with Crippen LogP contribution in [0.15, 0.2) is 30.5 Å². The van der Waals surface area contributed by atoms with Crippen LogP contribution in [-0.4, -0.2) is 152 Å². The maximum absolute atomic E-state index is 13.8. The number of urea groups is 1. The highest BCUT2D eigenvalue weighted by Gasteiger charge is 2.44. The molecule has 0 saturated carbocycles. The van der Waals surface area contributed by atoms with Crippen LogP contribution in [0.4, 0.5) is 15.3 Å². The number of benzene rings is 1. The van der Waals surface area contributed by atoms with Crippen LogP contribution in [0.1, 0.15) is 172 Å². The zero-order valence-electron chi connectivity index (χ0n) is 46.7. The molecule has 0 aliphatic carbocycles. The highest BCUT2D eigenvalue weighted by Crippen LogP contribution is 2.25. The van der Waals surface area contributed by atoms with Gasteiger partial charge in [-0.2, -0.15) is 0 Å². The molecule has 1 aromatic carbocycles. The number of nitrogens with one attached hydrogen (secondary N) is 5. The smallest absolute Gasteiger partial charge is 0.407 e. The molecule has 1 fully saturated rings. The van der Waals surface area contributed by atoms with Crippen LogP contribution < -0.4 is 32.3 Å². The van der Waals surface area contributed by atoms with Crippen molar-refractivity contribution in [3.05, 3.63) is 41.7 Å². The van der Waals surface area contributed by atoms with E-state index in [1.165, 1.54) is 58.4 Å². The minimum atomic E-state index is -1.69. The van der Waals surface area contributed by atoms with Crippen LogP contribution in [-0.2, 0) is 41.7 Å². The third-order valence-corrected chi connectivity index (χ3v) is 14.2. The fraction of sp³-hybridized carbons (Fsp3) is 0.745. The molecule has 1 aliphatic rings. The van der Waals surface area contributed by atoms with E-state index in [4.69, 9.17) is 19.9 Å². The minimum absolute atomic E-state index is 0.176. The van der Waals surface area contributed by atoms with Crippen molar-refractivity contribution in [1.29, 1.82) is 0 Å². The first-order chi connectivity index (χ1) is 37.4. The first-order valence-electron chi connectivity index (χ1n) is 28.3. The average Bonchev–Trinajstić information content (AvgIpc) is 3.91. The monoisotopic (exact) mass is 1100 g/mol. The minimum Gasteiger partial charge on any atom is -0.445 e. The Morgan fingerprint density at radius 2 is 1.45 bits per heavy atom. The van der Waals surface area contributed by atoms with Gasteiger partial charge in [0.05, 0.1) is 37.6 Å². The Hall–Kier alpha value is -5.30. The SMILES string of the molecule is CCCCCCCCCCCCCC[C@@H](C)[C@@H](O)C(CO[C@H]1OC(CO)[C@H](O)[C@H](O)C1O)NC(=O)OCc1ccc(NC(=O)[C@H](CCCNC(N)=O)CC(=O)[C@@H](NC(=O)CCCCCn2cc(C(=O)NC)nn2)C(C)C)cc1. The van der Waals surface area contributed by atoms with Crippen molar-refractivity contribution in [2.24, 2.45) is 23.5 Å². The maximum Gasteiger partial charge on any atom is 0.407 e. The predicted octanol–water partition coefficient (Wildman–Crippen LogP) is 4.50. The number of amides is 6. The number of alkyl carbamates (subject to hydrolysis) is 1. The number of nitrogens with two attached hydrogens (primary N) is 1. The summed E-state index contributed by atoms with van der Waals surface area (Å²) in [6.07, 6.45) is 9.25. The number of hydrogen-bond donors (Lipinski definition) is 11. The lowest BCUT2D eigenvalue weighted by atomic mass is 9.89. The van der Waals surface area contributed by atoms with E-state index in [2.05, 4.69) is 43.8 Å². The van der Waals surface area contributed by atoms with Crippen LogP contribution in [0, 0.1) is 17.8 Å². The Morgan fingerprint density at radius 1 is 0.808 bits per heavy atom. The molecule has 0 radical (unpaired) electrons. The molecule has 23 nitrogen and oxygen atoms in total. The lowest BCUT2D eigenvalue weighted by Gasteiger charge is -2.40. The lowest BCUT2D eigenvalue weighted by Crippen LogP contribution is -2.60. The molecule has 12 N–H and O–H groups in total. The van der Waals surface area contributed by atoms with Crippen molar-refractivity contribution in [1.82, 2.24) is 36.3 Å². The maximum atomic E-state index is 13.8. The summed E-state index contributed by atoms with van der Waals surface area (Å²) in [4.78, 5) is 77.0. The highest BCUT2D eigenvalue weighted by molar-refractivity contribution is 5.97. The number of anilines is 1. The van der Waals surface area contributed by atoms with Gasteiger partial charge in [-0.25, -0.2) is 9.59 Å². The molecular weight excluding hydrogens is 1010 g/mol. The number of carbonyl (C=O) groups is 6. The summed E-state index contributed by atoms with van der Waals surface area (Å²) in [5.41, 5.74) is 6.39. The fourth-order valence-electron chi connectivity index (χ4n) is 9.27. The second kappa shape index (κ2) is 37.5. The Balaban J connectivity index is 1.57. The van der Waals surface area contributed by atoms with Gasteiger partial charge in [0.25, 0.3) is 5.91 Å². The van der Waals surface area contributed by atoms with Gasteiger partial charge in [0, 0.05) is 44.6 Å². The van der Waals surface area contributed by atoms with Crippen LogP contribution in [0.25, 0.3) is 0 Å². The number of unbranched alkanes of at least 4 members (excludes halogenated alkanes) is 13. The van der Waals surface area contributed by atoms with Crippen LogP contribution in [0.5, 0.6) is 0 Å². The second-order valence-corrected chi connectivity index (χ2v) is 21.0. The standard InChI is InChI=1S/C55H93N9O14/c1-6-7-8-9-10-11-12-13-14-15-16-18-22-37(4)47(68)42(35-76-53-50(71)49(70)48(69)44(33-65)78-53)60-55(75)77-34-38-25-27-40(28-26-38)59-51(72)39(23-21-29-58-54(56)74)31-43(66)46(36(2)3)61-45(67)24-19-17-20-30-64-32-41(62-63-64)52(73)57-5/h25-28,32,36-37,39,42,44,46-50,53,65,68-71H,6-24,29-31,33-35H2,1-5H3,(H,57,73)(H,59,72)(H,60,75)(H,61,67)(H3,56,58,74)/t37-,39-,42?,44?,46+,47-,48+,49+,50?,53+/m1/s1. The Bertz CT molecular complexity index is 2060. The lowest BCUT2D eigenvalue weighted by molar-refractivity contribution is -0.303. The van der Waals surface area contributed by atoms with Crippen molar-refractivity contribution in [3.8, 4) is 0 Å². The number of aryl methyl sites for hydroxylation is 1. The quantitative estimate of drug-likeness (QED) is 0.0409. The molecule has 6 amide bonds. The number of carbonyl (C=O) groups excluding carboxylic acids is 6. The summed E-state index contributed by atoms with van der Waals surface area (Å²) in [7, 11) is 1.51. The molecule has 442 valence electrons. The molecule has 3 unspecified atom stereocenters. The number of aliphatic hydroxyl groups is 5. The molecule has 23 heteroatoms. The number of aromatic nitrogens is 3. The molecule has 78 heavy (non-hydrogen) atoms. The molecule has 1 aliphatic heterocycles. The summed E-state index contributed by atoms with van der Waals surface area (Å²) < 4.78 is 18.4. The molecule has 1 saturated heterocycles. The number of aliphatic hydroxyl groups excluding tert-OH is 5. The predicted molar refractivity (Wildman–Crippen MR) is 291 cm³/mol. The Kier molecular flexibility index (Phi) is 32.2. The molecule has 2 heterocycles. The van der Waals surface area contributed by atoms with Gasteiger partial charge >= 0.3 is 12.1 Å². The molecule has 2 aromatic rings. The van der Waals surface area contributed by atoms with Crippen LogP contribution >= 0.6 is 0 Å². The number of rotatable bonds is 40. The van der Waals surface area contributed by atoms with E-state index in [9.17, 15) is 54.3 Å². The zero-order chi connectivity index (χ0) is 57.4. The largest absolute Gasteiger partial charge is 0.445 e. The first-order valence-corrected chi connectivity index (χ1v) is 28.3. The van der Waals surface area contributed by atoms with Gasteiger partial charge in [0.15, 0.2) is 17.8 Å². The number of hydrogen-bond acceptors (Lipinski definition) is 16. The summed E-state index contributed by atoms with van der Waals surface area (Å²) in [5.74, 6) is -2.83. The van der Waals surface area contributed by atoms with Crippen molar-refractivity contribution in [2.75, 3.05) is 32.1 Å². The van der Waals surface area contributed by atoms with Gasteiger partial charge < -0.3 is 72.1 Å². The molecule has 0 bridgehead atoms. The van der Waals surface area contributed by atoms with Gasteiger partial charge in [-0.15, -0.1) is 5.10 Å². The summed E-state index contributed by atoms with van der Waals surface area (Å²) >= 11 is 0. The van der Waals surface area contributed by atoms with Crippen molar-refractivity contribution < 1.29 is 68.5 Å². The summed E-state index contributed by atoms with van der Waals surface area (Å²) in [6.45, 7) is 7.14. The number of Topliss-reactive ketones (excluding diaryl/α,β-unsaturated/α-hetero) is 1. The van der Waals surface area contributed by atoms with Gasteiger partial charge in [0.1, 0.15) is 31.0 Å². The first kappa shape index (κ1) is 67.0. The van der Waals surface area contributed by atoms with Crippen LogP contribution in [0.2, 0.25) is 0 Å². The summed E-state index contributed by atoms with van der Waals surface area (Å²) in [6, 6.07) is 3.83. The highest BCUT2D eigenvalue weighted by atomic mass is 16.7. The number of nitrogens with zero attached hydrogens (tertiary/aromatic N) is 3. The van der Waals surface area contributed by atoms with E-state index >= 15 is 0 Å². The molecule has 3 rings (SSSR count). The van der Waals surface area contributed by atoms with Gasteiger partial charge in [0.2, 0.25) is 11.8 Å². The van der Waals surface area contributed by atoms with Crippen LogP contribution in [0.3, 0.4) is 0 Å². The van der Waals surface area contributed by atoms with Crippen molar-refractivity contribution >= 4 is 41.3 Å². The normalized spacial score (nSPS) is 19.2. The number of ether oxygens (including phenoxy) is 3. The second-order valence-electron chi connectivity index (χ2n) is 21.0. The average molecular weight is 1100 g/mol. The Labute approximate surface area is 460 Å². The molecule has 1 aromatic heterocycles. The molecule has 0 spiro atoms. The van der Waals surface area contributed by atoms with Gasteiger partial charge in [-0.05, 0) is 61.6 Å². The third-order valence-electron chi connectivity index (χ3n) is 14.2. The van der Waals surface area contributed by atoms with E-state index in [1.807, 2.05) is 6.92 Å². The van der Waals surface area contributed by atoms with Crippen molar-refractivity contribution in [2.45, 2.75) is 218 Å². The number of ketones is 1. The fourth-order valence-corrected chi connectivity index (χ4v) is 9.27. The van der Waals surface area contributed by atoms with E-state index < -0.39 is 79.4 Å². The van der Waals surface area contributed by atoms with Gasteiger partial charge in [-0.3, -0.25) is 23.9 Å². The molecule has 10 atom stereocenters. The van der Waals surface area contributed by atoms with E-state index in [1.54, 1.807) is 49.0 Å². The van der Waals surface area contributed by atoms with E-state index in [0.717, 1.165) is 25.7 Å². The van der Waals surface area contributed by atoms with Gasteiger partial charge in [-0.1, -0.05) is 129 Å². The third kappa shape index (κ3) is 25.2. The topological polar surface area (TPSA) is 348 Å². The zero-order valence-corrected chi connectivity index (χ0v) is 46.7. The van der Waals surface area contributed by atoms with E-state index in [-0.39, 0.29) is 74.1 Å². The van der Waals surface area contributed by atoms with Crippen molar-refractivity contribution in [3.63, 3.8) is 0 Å². The summed E-state index contributed by atoms with van der Waals surface area (Å²) in [5, 5.41) is 73.5. The Morgan fingerprint density at radius 3 is 2.06 bits per heavy atom.